The van der Waals surface area contributed by atoms with Crippen LogP contribution in [0.25, 0.3) is 10.9 Å². The monoisotopic (exact) mass is 339 g/mol. The fourth-order valence-corrected chi connectivity index (χ4v) is 4.63. The van der Waals surface area contributed by atoms with Crippen molar-refractivity contribution in [1.29, 1.82) is 0 Å². The molecule has 0 saturated heterocycles. The fraction of sp³-hybridized carbons (Fsp3) is 0.550. The number of carbonyl (C=O) groups is 1. The van der Waals surface area contributed by atoms with Crippen LogP contribution in [0.1, 0.15) is 44.3 Å². The Bertz CT molecular complexity index is 829. The van der Waals surface area contributed by atoms with Gasteiger partial charge in [0.15, 0.2) is 0 Å². The molecule has 2 N–H and O–H groups in total. The lowest BCUT2D eigenvalue weighted by Crippen LogP contribution is -2.31. The molecule has 2 bridgehead atoms. The second-order valence-corrected chi connectivity index (χ2v) is 7.62. The summed E-state index contributed by atoms with van der Waals surface area (Å²) in [6.45, 7) is 0.838. The Morgan fingerprint density at radius 2 is 2.12 bits per heavy atom. The standard InChI is InChI=1S/C20H25N3O2/c24-19(21-12-15-11-13-8-9-14(15)10-13)7-3-6-18-22-17-5-2-1-4-16(17)20(25)23-18/h1-2,4-5,13-15H,3,6-12H2,(H,21,24)(H,22,23,25)/t13-,14-,15-/m0/s1. The van der Waals surface area contributed by atoms with Crippen molar-refractivity contribution in [3.63, 3.8) is 0 Å². The molecule has 1 amide bonds. The van der Waals surface area contributed by atoms with E-state index in [1.165, 1.54) is 25.7 Å². The molecule has 0 unspecified atom stereocenters. The summed E-state index contributed by atoms with van der Waals surface area (Å²) >= 11 is 0. The smallest absolute Gasteiger partial charge is 0.258 e. The van der Waals surface area contributed by atoms with Gasteiger partial charge in [-0.15, -0.1) is 0 Å². The normalized spacial score (nSPS) is 24.7. The number of fused-ring (bicyclic) bond motifs is 3. The first-order valence-electron chi connectivity index (χ1n) is 9.43. The molecule has 3 atom stereocenters. The van der Waals surface area contributed by atoms with Crippen molar-refractivity contribution >= 4 is 16.8 Å². The number of hydrogen-bond donors (Lipinski definition) is 2. The average Bonchev–Trinajstić information content (AvgIpc) is 3.23. The van der Waals surface area contributed by atoms with Gasteiger partial charge in [0, 0.05) is 19.4 Å². The van der Waals surface area contributed by atoms with E-state index in [1.807, 2.05) is 18.2 Å². The van der Waals surface area contributed by atoms with Crippen molar-refractivity contribution in [3.8, 4) is 0 Å². The summed E-state index contributed by atoms with van der Waals surface area (Å²) in [4.78, 5) is 31.4. The lowest BCUT2D eigenvalue weighted by atomic mass is 9.89. The van der Waals surface area contributed by atoms with Gasteiger partial charge < -0.3 is 10.3 Å². The van der Waals surface area contributed by atoms with E-state index in [4.69, 9.17) is 0 Å². The van der Waals surface area contributed by atoms with Crippen LogP contribution in [0.2, 0.25) is 0 Å². The van der Waals surface area contributed by atoms with Gasteiger partial charge in [0.05, 0.1) is 10.9 Å². The highest BCUT2D eigenvalue weighted by atomic mass is 16.1. The highest BCUT2D eigenvalue weighted by molar-refractivity contribution is 5.77. The summed E-state index contributed by atoms with van der Waals surface area (Å²) in [7, 11) is 0. The van der Waals surface area contributed by atoms with Crippen molar-refractivity contribution in [2.45, 2.75) is 44.9 Å². The Labute approximate surface area is 147 Å². The van der Waals surface area contributed by atoms with Crippen LogP contribution in [0.15, 0.2) is 29.1 Å². The first-order chi connectivity index (χ1) is 12.2. The van der Waals surface area contributed by atoms with Crippen LogP contribution in [0.3, 0.4) is 0 Å². The zero-order valence-electron chi connectivity index (χ0n) is 14.5. The first-order valence-corrected chi connectivity index (χ1v) is 9.43. The summed E-state index contributed by atoms with van der Waals surface area (Å²) in [6, 6.07) is 7.32. The first kappa shape index (κ1) is 16.3. The Balaban J connectivity index is 1.25. The van der Waals surface area contributed by atoms with Crippen molar-refractivity contribution < 1.29 is 4.79 Å². The molecule has 0 spiro atoms. The average molecular weight is 339 g/mol. The third-order valence-electron chi connectivity index (χ3n) is 5.93. The van der Waals surface area contributed by atoms with Gasteiger partial charge in [0.2, 0.25) is 5.91 Å². The van der Waals surface area contributed by atoms with Crippen LogP contribution in [-0.2, 0) is 11.2 Å². The maximum Gasteiger partial charge on any atom is 0.258 e. The van der Waals surface area contributed by atoms with Crippen LogP contribution in [0.4, 0.5) is 0 Å². The number of aryl methyl sites for hydroxylation is 1. The molecule has 0 radical (unpaired) electrons. The highest BCUT2D eigenvalue weighted by Crippen LogP contribution is 2.47. The molecule has 4 rings (SSSR count). The van der Waals surface area contributed by atoms with Gasteiger partial charge in [-0.1, -0.05) is 18.6 Å². The predicted molar refractivity (Wildman–Crippen MR) is 97.2 cm³/mol. The summed E-state index contributed by atoms with van der Waals surface area (Å²) in [6.07, 6.45) is 7.22. The molecule has 5 heteroatoms. The summed E-state index contributed by atoms with van der Waals surface area (Å²) in [5, 5.41) is 3.71. The second-order valence-electron chi connectivity index (χ2n) is 7.62. The number of hydrogen-bond acceptors (Lipinski definition) is 3. The third-order valence-corrected chi connectivity index (χ3v) is 5.93. The molecule has 1 aromatic heterocycles. The number of nitrogens with one attached hydrogen (secondary N) is 2. The van der Waals surface area contributed by atoms with E-state index in [1.54, 1.807) is 6.07 Å². The summed E-state index contributed by atoms with van der Waals surface area (Å²) in [5.41, 5.74) is 0.600. The lowest BCUT2D eigenvalue weighted by molar-refractivity contribution is -0.121. The molecule has 1 aromatic carbocycles. The van der Waals surface area contributed by atoms with Gasteiger partial charge in [0.25, 0.3) is 5.56 Å². The number of H-pyrrole nitrogens is 1. The molecule has 2 fully saturated rings. The molecule has 132 valence electrons. The lowest BCUT2D eigenvalue weighted by Gasteiger charge is -2.21. The van der Waals surface area contributed by atoms with E-state index in [0.29, 0.717) is 41.9 Å². The van der Waals surface area contributed by atoms with Gasteiger partial charge >= 0.3 is 0 Å². The predicted octanol–water partition coefficient (Wildman–Crippen LogP) is 2.80. The minimum atomic E-state index is -0.110. The molecule has 25 heavy (non-hydrogen) atoms. The molecular formula is C20H25N3O2. The molecule has 2 aliphatic carbocycles. The molecule has 2 aromatic rings. The number of para-hydroxylation sites is 1. The van der Waals surface area contributed by atoms with Crippen LogP contribution in [0, 0.1) is 17.8 Å². The molecule has 1 heterocycles. The Morgan fingerprint density at radius 3 is 2.92 bits per heavy atom. The molecular weight excluding hydrogens is 314 g/mol. The maximum absolute atomic E-state index is 12.1. The van der Waals surface area contributed by atoms with Crippen LogP contribution < -0.4 is 10.9 Å². The van der Waals surface area contributed by atoms with Gasteiger partial charge in [-0.05, 0) is 55.6 Å². The molecule has 5 nitrogen and oxygen atoms in total. The quantitative estimate of drug-likeness (QED) is 0.850. The third kappa shape index (κ3) is 3.60. The van der Waals surface area contributed by atoms with E-state index in [9.17, 15) is 9.59 Å². The topological polar surface area (TPSA) is 74.8 Å². The van der Waals surface area contributed by atoms with Crippen LogP contribution in [0.5, 0.6) is 0 Å². The van der Waals surface area contributed by atoms with Gasteiger partial charge in [-0.3, -0.25) is 9.59 Å². The molecule has 0 aliphatic heterocycles. The molecule has 2 aliphatic rings. The SMILES string of the molecule is O=C(CCCc1nc2ccccc2c(=O)[nH]1)NC[C@@H]1C[C@H]2CC[C@H]1C2. The van der Waals surface area contributed by atoms with Crippen molar-refractivity contribution in [1.82, 2.24) is 15.3 Å². The number of rotatable bonds is 6. The van der Waals surface area contributed by atoms with E-state index in [-0.39, 0.29) is 11.5 Å². The minimum absolute atomic E-state index is 0.110. The van der Waals surface area contributed by atoms with Gasteiger partial charge in [0.1, 0.15) is 5.82 Å². The zero-order valence-corrected chi connectivity index (χ0v) is 14.5. The fourth-order valence-electron chi connectivity index (χ4n) is 4.63. The van der Waals surface area contributed by atoms with E-state index < -0.39 is 0 Å². The number of benzene rings is 1. The van der Waals surface area contributed by atoms with Crippen LogP contribution >= 0.6 is 0 Å². The molecule has 2 saturated carbocycles. The second kappa shape index (κ2) is 6.98. The largest absolute Gasteiger partial charge is 0.356 e. The van der Waals surface area contributed by atoms with Crippen molar-refractivity contribution in [2.24, 2.45) is 17.8 Å². The summed E-state index contributed by atoms with van der Waals surface area (Å²) < 4.78 is 0. The summed E-state index contributed by atoms with van der Waals surface area (Å²) in [5.74, 6) is 3.23. The Kier molecular flexibility index (Phi) is 4.55. The number of aromatic amines is 1. The van der Waals surface area contributed by atoms with E-state index >= 15 is 0 Å². The van der Waals surface area contributed by atoms with E-state index in [0.717, 1.165) is 18.4 Å². The highest BCUT2D eigenvalue weighted by Gasteiger charge is 2.39. The maximum atomic E-state index is 12.1. The van der Waals surface area contributed by atoms with E-state index in [2.05, 4.69) is 15.3 Å². The minimum Gasteiger partial charge on any atom is -0.356 e. The number of amides is 1. The Morgan fingerprint density at radius 1 is 1.24 bits per heavy atom. The van der Waals surface area contributed by atoms with Gasteiger partial charge in [-0.25, -0.2) is 4.98 Å². The van der Waals surface area contributed by atoms with Gasteiger partial charge in [-0.2, -0.15) is 0 Å². The zero-order chi connectivity index (χ0) is 17.2. The number of nitrogens with zero attached hydrogens (tertiary/aromatic N) is 1. The van der Waals surface area contributed by atoms with Crippen LogP contribution in [-0.4, -0.2) is 22.4 Å². The van der Waals surface area contributed by atoms with Crippen molar-refractivity contribution in [2.75, 3.05) is 6.54 Å². The Hall–Kier alpha value is -2.17. The number of carbonyl (C=O) groups excluding carboxylic acids is 1. The van der Waals surface area contributed by atoms with Crippen molar-refractivity contribution in [3.05, 3.63) is 40.4 Å². The number of aromatic nitrogens is 2.